The maximum atomic E-state index is 4.35. The van der Waals surface area contributed by atoms with Gasteiger partial charge in [-0.15, -0.1) is 24.0 Å². The molecular formula is C16H29IN4. The summed E-state index contributed by atoms with van der Waals surface area (Å²) in [4.78, 5) is 4.35. The van der Waals surface area contributed by atoms with Gasteiger partial charge < -0.3 is 15.2 Å². The van der Waals surface area contributed by atoms with E-state index in [2.05, 4.69) is 52.5 Å². The van der Waals surface area contributed by atoms with E-state index in [1.54, 1.807) is 0 Å². The second kappa shape index (κ2) is 9.33. The summed E-state index contributed by atoms with van der Waals surface area (Å²) in [5.41, 5.74) is 1.27. The number of hydrogen-bond donors (Lipinski definition) is 2. The highest BCUT2D eigenvalue weighted by atomic mass is 127. The summed E-state index contributed by atoms with van der Waals surface area (Å²) in [7, 11) is 3.92. The summed E-state index contributed by atoms with van der Waals surface area (Å²) >= 11 is 0. The van der Waals surface area contributed by atoms with Crippen LogP contribution in [0.25, 0.3) is 0 Å². The highest BCUT2D eigenvalue weighted by Crippen LogP contribution is 2.26. The molecule has 1 aromatic heterocycles. The van der Waals surface area contributed by atoms with Crippen LogP contribution >= 0.6 is 24.0 Å². The van der Waals surface area contributed by atoms with Crippen molar-refractivity contribution in [2.45, 2.75) is 51.6 Å². The van der Waals surface area contributed by atoms with Gasteiger partial charge in [0.15, 0.2) is 5.96 Å². The van der Waals surface area contributed by atoms with Gasteiger partial charge in [0.1, 0.15) is 0 Å². The molecule has 21 heavy (non-hydrogen) atoms. The van der Waals surface area contributed by atoms with E-state index in [1.165, 1.54) is 37.8 Å². The lowest BCUT2D eigenvalue weighted by molar-refractivity contribution is 0.298. The van der Waals surface area contributed by atoms with E-state index in [0.717, 1.165) is 18.4 Å². The number of nitrogens with zero attached hydrogens (tertiary/aromatic N) is 2. The summed E-state index contributed by atoms with van der Waals surface area (Å²) in [6, 6.07) is 4.78. The van der Waals surface area contributed by atoms with Crippen LogP contribution in [-0.4, -0.2) is 23.6 Å². The Labute approximate surface area is 145 Å². The molecule has 0 bridgehead atoms. The largest absolute Gasteiger partial charge is 0.354 e. The highest BCUT2D eigenvalue weighted by molar-refractivity contribution is 14.0. The van der Waals surface area contributed by atoms with Crippen molar-refractivity contribution in [2.24, 2.45) is 18.0 Å². The predicted molar refractivity (Wildman–Crippen MR) is 100 cm³/mol. The van der Waals surface area contributed by atoms with Crippen LogP contribution in [0.3, 0.4) is 0 Å². The molecule has 1 saturated carbocycles. The third-order valence-electron chi connectivity index (χ3n) is 4.41. The molecule has 1 aliphatic carbocycles. The zero-order valence-electron chi connectivity index (χ0n) is 13.4. The maximum Gasteiger partial charge on any atom is 0.191 e. The van der Waals surface area contributed by atoms with Crippen molar-refractivity contribution in [3.63, 3.8) is 0 Å². The maximum absolute atomic E-state index is 4.35. The summed E-state index contributed by atoms with van der Waals surface area (Å²) in [6.45, 7) is 3.11. The van der Waals surface area contributed by atoms with Crippen LogP contribution in [-0.2, 0) is 13.6 Å². The molecule has 0 radical (unpaired) electrons. The first-order valence-corrected chi connectivity index (χ1v) is 7.80. The van der Waals surface area contributed by atoms with Crippen LogP contribution in [0.2, 0.25) is 0 Å². The predicted octanol–water partition coefficient (Wildman–Crippen LogP) is 3.28. The molecule has 0 amide bonds. The first-order chi connectivity index (χ1) is 9.72. The van der Waals surface area contributed by atoms with Gasteiger partial charge >= 0.3 is 0 Å². The molecule has 1 heterocycles. The number of rotatable bonds is 4. The Morgan fingerprint density at radius 3 is 2.86 bits per heavy atom. The molecule has 0 saturated heterocycles. The quantitative estimate of drug-likeness (QED) is 0.460. The third-order valence-corrected chi connectivity index (χ3v) is 4.41. The Balaban J connectivity index is 0.00000220. The van der Waals surface area contributed by atoms with Crippen LogP contribution in [0.1, 0.15) is 44.7 Å². The van der Waals surface area contributed by atoms with Crippen LogP contribution in [0.5, 0.6) is 0 Å². The first kappa shape index (κ1) is 18.3. The van der Waals surface area contributed by atoms with E-state index in [4.69, 9.17) is 0 Å². The molecule has 0 aromatic carbocycles. The summed E-state index contributed by atoms with van der Waals surface area (Å²) < 4.78 is 2.13. The number of nitrogens with one attached hydrogen (secondary N) is 2. The van der Waals surface area contributed by atoms with Gasteiger partial charge in [-0.1, -0.05) is 26.2 Å². The Kier molecular flexibility index (Phi) is 8.14. The van der Waals surface area contributed by atoms with E-state index in [1.807, 2.05) is 7.05 Å². The van der Waals surface area contributed by atoms with Gasteiger partial charge in [0.05, 0.1) is 6.54 Å². The smallest absolute Gasteiger partial charge is 0.191 e. The lowest BCUT2D eigenvalue weighted by Crippen LogP contribution is -2.45. The minimum Gasteiger partial charge on any atom is -0.354 e. The van der Waals surface area contributed by atoms with Crippen molar-refractivity contribution in [3.8, 4) is 0 Å². The normalized spacial score (nSPS) is 22.5. The molecule has 0 spiro atoms. The zero-order valence-corrected chi connectivity index (χ0v) is 15.8. The summed E-state index contributed by atoms with van der Waals surface area (Å²) in [6.07, 6.45) is 8.64. The number of hydrogen-bond acceptors (Lipinski definition) is 1. The Hall–Kier alpha value is -0.720. The average Bonchev–Trinajstić information content (AvgIpc) is 2.89. The fourth-order valence-electron chi connectivity index (χ4n) is 3.04. The molecule has 1 aliphatic rings. The molecule has 4 nitrogen and oxygen atoms in total. The number of aromatic nitrogens is 1. The zero-order chi connectivity index (χ0) is 14.4. The average molecular weight is 404 g/mol. The van der Waals surface area contributed by atoms with Crippen molar-refractivity contribution >= 4 is 29.9 Å². The van der Waals surface area contributed by atoms with Crippen LogP contribution < -0.4 is 10.6 Å². The molecule has 2 rings (SSSR count). The van der Waals surface area contributed by atoms with Gasteiger partial charge in [-0.2, -0.15) is 0 Å². The molecular weight excluding hydrogens is 375 g/mol. The van der Waals surface area contributed by atoms with Gasteiger partial charge in [0, 0.05) is 32.0 Å². The number of halogens is 1. The number of aliphatic imine (C=N–C) groups is 1. The monoisotopic (exact) mass is 404 g/mol. The molecule has 1 aromatic rings. The SMILES string of the molecule is CCC1CCCC(NC(=NC)NCc2cccn2C)C1.I. The first-order valence-electron chi connectivity index (χ1n) is 7.80. The summed E-state index contributed by atoms with van der Waals surface area (Å²) in [5, 5.41) is 6.99. The molecule has 2 N–H and O–H groups in total. The van der Waals surface area contributed by atoms with Gasteiger partial charge in [-0.3, -0.25) is 4.99 Å². The highest BCUT2D eigenvalue weighted by Gasteiger charge is 2.21. The summed E-state index contributed by atoms with van der Waals surface area (Å²) in [5.74, 6) is 1.81. The van der Waals surface area contributed by atoms with Gasteiger partial charge in [0.25, 0.3) is 0 Å². The van der Waals surface area contributed by atoms with E-state index in [0.29, 0.717) is 6.04 Å². The minimum atomic E-state index is 0. The molecule has 120 valence electrons. The van der Waals surface area contributed by atoms with Crippen LogP contribution in [0, 0.1) is 5.92 Å². The van der Waals surface area contributed by atoms with Crippen molar-refractivity contribution in [1.29, 1.82) is 0 Å². The van der Waals surface area contributed by atoms with Crippen LogP contribution in [0.15, 0.2) is 23.3 Å². The molecule has 2 atom stereocenters. The van der Waals surface area contributed by atoms with Gasteiger partial charge in [-0.25, -0.2) is 0 Å². The van der Waals surface area contributed by atoms with Crippen molar-refractivity contribution in [3.05, 3.63) is 24.0 Å². The van der Waals surface area contributed by atoms with E-state index in [-0.39, 0.29) is 24.0 Å². The molecule has 2 unspecified atom stereocenters. The van der Waals surface area contributed by atoms with E-state index in [9.17, 15) is 0 Å². The fourth-order valence-corrected chi connectivity index (χ4v) is 3.04. The number of guanidine groups is 1. The van der Waals surface area contributed by atoms with Gasteiger partial charge in [-0.05, 0) is 30.9 Å². The Morgan fingerprint density at radius 2 is 2.24 bits per heavy atom. The van der Waals surface area contributed by atoms with Crippen molar-refractivity contribution in [2.75, 3.05) is 7.05 Å². The lowest BCUT2D eigenvalue weighted by Gasteiger charge is -2.30. The Bertz CT molecular complexity index is 441. The second-order valence-electron chi connectivity index (χ2n) is 5.82. The van der Waals surface area contributed by atoms with Gasteiger partial charge in [0.2, 0.25) is 0 Å². The van der Waals surface area contributed by atoms with Crippen molar-refractivity contribution in [1.82, 2.24) is 15.2 Å². The minimum absolute atomic E-state index is 0. The van der Waals surface area contributed by atoms with E-state index >= 15 is 0 Å². The third kappa shape index (κ3) is 5.52. The lowest BCUT2D eigenvalue weighted by atomic mass is 9.84. The molecule has 5 heteroatoms. The molecule has 1 fully saturated rings. The second-order valence-corrected chi connectivity index (χ2v) is 5.82. The fraction of sp³-hybridized carbons (Fsp3) is 0.688. The van der Waals surface area contributed by atoms with Crippen molar-refractivity contribution < 1.29 is 0 Å². The standard InChI is InChI=1S/C16H28N4.HI/c1-4-13-7-5-8-14(11-13)19-16(17-2)18-12-15-9-6-10-20(15)3;/h6,9-10,13-14H,4-5,7-8,11-12H2,1-3H3,(H2,17,18,19);1H. The number of aryl methyl sites for hydroxylation is 1. The van der Waals surface area contributed by atoms with Crippen LogP contribution in [0.4, 0.5) is 0 Å². The topological polar surface area (TPSA) is 41.4 Å². The van der Waals surface area contributed by atoms with E-state index < -0.39 is 0 Å². The molecule has 0 aliphatic heterocycles. The Morgan fingerprint density at radius 1 is 1.43 bits per heavy atom.